The van der Waals surface area contributed by atoms with Crippen LogP contribution in [-0.2, 0) is 0 Å². The van der Waals surface area contributed by atoms with Gasteiger partial charge in [0.15, 0.2) is 11.5 Å². The van der Waals surface area contributed by atoms with Gasteiger partial charge in [-0.3, -0.25) is 4.79 Å². The van der Waals surface area contributed by atoms with Gasteiger partial charge in [0.2, 0.25) is 5.75 Å². The second-order valence-corrected chi connectivity index (χ2v) is 6.27. The molecule has 0 saturated carbocycles. The summed E-state index contributed by atoms with van der Waals surface area (Å²) in [5.74, 6) is 1.27. The average molecular weight is 382 g/mol. The summed E-state index contributed by atoms with van der Waals surface area (Å²) < 4.78 is 17.1. The minimum absolute atomic E-state index is 0.240. The Balaban J connectivity index is 1.97. The SMILES string of the molecule is CCOc1cc(C(=O)Nc2cccc3[nH]c(C)cc23)cc(OCC)c1OCC. The molecule has 0 aliphatic heterocycles. The Kier molecular flexibility index (Phi) is 6.09. The van der Waals surface area contributed by atoms with E-state index in [1.165, 1.54) is 0 Å². The van der Waals surface area contributed by atoms with Crippen LogP contribution >= 0.6 is 0 Å². The standard InChI is InChI=1S/C22H26N2O4/c1-5-26-19-12-15(13-20(27-6-2)21(19)28-7-3)22(25)24-18-10-8-9-17-16(18)11-14(4)23-17/h8-13,23H,5-7H2,1-4H3,(H,24,25). The lowest BCUT2D eigenvalue weighted by atomic mass is 10.1. The van der Waals surface area contributed by atoms with Gasteiger partial charge in [-0.1, -0.05) is 6.07 Å². The number of fused-ring (bicyclic) bond motifs is 1. The molecule has 0 bridgehead atoms. The van der Waals surface area contributed by atoms with Gasteiger partial charge >= 0.3 is 0 Å². The van der Waals surface area contributed by atoms with Crippen molar-refractivity contribution in [3.05, 3.63) is 47.7 Å². The predicted molar refractivity (Wildman–Crippen MR) is 111 cm³/mol. The molecule has 3 rings (SSSR count). The molecule has 0 saturated heterocycles. The molecule has 6 nitrogen and oxygen atoms in total. The van der Waals surface area contributed by atoms with Crippen molar-refractivity contribution >= 4 is 22.5 Å². The van der Waals surface area contributed by atoms with Crippen LogP contribution in [0.5, 0.6) is 17.2 Å². The zero-order chi connectivity index (χ0) is 20.1. The zero-order valence-electron chi connectivity index (χ0n) is 16.7. The fourth-order valence-corrected chi connectivity index (χ4v) is 3.12. The number of carbonyl (C=O) groups excluding carboxylic acids is 1. The van der Waals surface area contributed by atoms with Gasteiger partial charge in [0.25, 0.3) is 5.91 Å². The first-order chi connectivity index (χ1) is 13.6. The van der Waals surface area contributed by atoms with Crippen molar-refractivity contribution in [3.63, 3.8) is 0 Å². The number of amides is 1. The molecule has 2 N–H and O–H groups in total. The van der Waals surface area contributed by atoms with E-state index in [9.17, 15) is 4.79 Å². The fourth-order valence-electron chi connectivity index (χ4n) is 3.12. The van der Waals surface area contributed by atoms with Crippen molar-refractivity contribution in [2.75, 3.05) is 25.1 Å². The molecule has 0 radical (unpaired) electrons. The van der Waals surface area contributed by atoms with E-state index < -0.39 is 0 Å². The van der Waals surface area contributed by atoms with Gasteiger partial charge in [0, 0.05) is 22.2 Å². The van der Waals surface area contributed by atoms with Crippen molar-refractivity contribution < 1.29 is 19.0 Å². The van der Waals surface area contributed by atoms with Crippen LogP contribution < -0.4 is 19.5 Å². The Hall–Kier alpha value is -3.15. The monoisotopic (exact) mass is 382 g/mol. The molecule has 0 aliphatic rings. The Labute approximate surface area is 164 Å². The molecule has 0 atom stereocenters. The molecule has 0 unspecified atom stereocenters. The molecule has 0 spiro atoms. The van der Waals surface area contributed by atoms with Crippen LogP contribution in [0.4, 0.5) is 5.69 Å². The molecule has 6 heteroatoms. The summed E-state index contributed by atoms with van der Waals surface area (Å²) in [6, 6.07) is 11.2. The molecular weight excluding hydrogens is 356 g/mol. The van der Waals surface area contributed by atoms with Gasteiger partial charge < -0.3 is 24.5 Å². The van der Waals surface area contributed by atoms with Crippen molar-refractivity contribution in [1.82, 2.24) is 4.98 Å². The molecule has 1 heterocycles. The lowest BCUT2D eigenvalue weighted by Gasteiger charge is -2.17. The highest BCUT2D eigenvalue weighted by molar-refractivity contribution is 6.09. The zero-order valence-corrected chi connectivity index (χ0v) is 16.7. The van der Waals surface area contributed by atoms with Gasteiger partial charge in [0.05, 0.1) is 25.5 Å². The number of ether oxygens (including phenoxy) is 3. The van der Waals surface area contributed by atoms with Crippen LogP contribution in [-0.4, -0.2) is 30.7 Å². The molecular formula is C22H26N2O4. The number of aryl methyl sites for hydroxylation is 1. The molecule has 2 aromatic carbocycles. The third-order valence-electron chi connectivity index (χ3n) is 4.22. The van der Waals surface area contributed by atoms with Gasteiger partial charge in [-0.05, 0) is 58.0 Å². The summed E-state index contributed by atoms with van der Waals surface area (Å²) in [6.07, 6.45) is 0. The minimum Gasteiger partial charge on any atom is -0.490 e. The van der Waals surface area contributed by atoms with Crippen LogP contribution in [0.25, 0.3) is 10.9 Å². The number of anilines is 1. The Bertz CT molecular complexity index is 951. The van der Waals surface area contributed by atoms with Crippen molar-refractivity contribution in [3.8, 4) is 17.2 Å². The molecule has 0 fully saturated rings. The lowest BCUT2D eigenvalue weighted by Crippen LogP contribution is -2.13. The molecule has 3 aromatic rings. The van der Waals surface area contributed by atoms with Crippen molar-refractivity contribution in [1.29, 1.82) is 0 Å². The van der Waals surface area contributed by atoms with E-state index in [1.54, 1.807) is 12.1 Å². The minimum atomic E-state index is -0.240. The number of nitrogens with one attached hydrogen (secondary N) is 2. The van der Waals surface area contributed by atoms with Crippen LogP contribution in [0.15, 0.2) is 36.4 Å². The van der Waals surface area contributed by atoms with Crippen LogP contribution in [0.1, 0.15) is 36.8 Å². The van der Waals surface area contributed by atoms with Crippen LogP contribution in [0, 0.1) is 6.92 Å². The van der Waals surface area contributed by atoms with Crippen molar-refractivity contribution in [2.45, 2.75) is 27.7 Å². The predicted octanol–water partition coefficient (Wildman–Crippen LogP) is 4.92. The number of carbonyl (C=O) groups is 1. The van der Waals surface area contributed by atoms with Gasteiger partial charge in [0.1, 0.15) is 0 Å². The lowest BCUT2D eigenvalue weighted by molar-refractivity contribution is 0.102. The van der Waals surface area contributed by atoms with E-state index in [0.29, 0.717) is 42.6 Å². The smallest absolute Gasteiger partial charge is 0.255 e. The molecule has 148 valence electrons. The number of hydrogen-bond donors (Lipinski definition) is 2. The number of H-pyrrole nitrogens is 1. The highest BCUT2D eigenvalue weighted by atomic mass is 16.5. The number of hydrogen-bond acceptors (Lipinski definition) is 4. The first kappa shape index (κ1) is 19.6. The first-order valence-corrected chi connectivity index (χ1v) is 9.53. The Morgan fingerprint density at radius 1 is 0.964 bits per heavy atom. The van der Waals surface area contributed by atoms with E-state index in [2.05, 4.69) is 10.3 Å². The normalized spacial score (nSPS) is 10.7. The van der Waals surface area contributed by atoms with E-state index in [1.807, 2.05) is 52.0 Å². The van der Waals surface area contributed by atoms with Crippen LogP contribution in [0.3, 0.4) is 0 Å². The number of benzene rings is 2. The maximum absolute atomic E-state index is 13.0. The van der Waals surface area contributed by atoms with Crippen molar-refractivity contribution in [2.24, 2.45) is 0 Å². The number of aromatic amines is 1. The van der Waals surface area contributed by atoms with E-state index in [-0.39, 0.29) is 5.91 Å². The molecule has 1 aromatic heterocycles. The third-order valence-corrected chi connectivity index (χ3v) is 4.22. The molecule has 0 aliphatic carbocycles. The largest absolute Gasteiger partial charge is 0.490 e. The third kappa shape index (κ3) is 4.06. The Morgan fingerprint density at radius 2 is 1.61 bits per heavy atom. The summed E-state index contributed by atoms with van der Waals surface area (Å²) in [5, 5.41) is 3.96. The molecule has 1 amide bonds. The number of rotatable bonds is 8. The van der Waals surface area contributed by atoms with Gasteiger partial charge in [-0.25, -0.2) is 0 Å². The second-order valence-electron chi connectivity index (χ2n) is 6.27. The maximum Gasteiger partial charge on any atom is 0.255 e. The summed E-state index contributed by atoms with van der Waals surface area (Å²) in [7, 11) is 0. The van der Waals surface area contributed by atoms with Crippen LogP contribution in [0.2, 0.25) is 0 Å². The molecule has 28 heavy (non-hydrogen) atoms. The topological polar surface area (TPSA) is 72.6 Å². The van der Waals surface area contributed by atoms with E-state index >= 15 is 0 Å². The average Bonchev–Trinajstić information content (AvgIpc) is 3.05. The second kappa shape index (κ2) is 8.69. The quantitative estimate of drug-likeness (QED) is 0.580. The summed E-state index contributed by atoms with van der Waals surface area (Å²) in [6.45, 7) is 9.04. The van der Waals surface area contributed by atoms with Gasteiger partial charge in [-0.2, -0.15) is 0 Å². The summed E-state index contributed by atoms with van der Waals surface area (Å²) in [4.78, 5) is 16.3. The van der Waals surface area contributed by atoms with E-state index in [4.69, 9.17) is 14.2 Å². The maximum atomic E-state index is 13.0. The highest BCUT2D eigenvalue weighted by Crippen LogP contribution is 2.39. The summed E-state index contributed by atoms with van der Waals surface area (Å²) in [5.41, 5.74) is 3.21. The van der Waals surface area contributed by atoms with Gasteiger partial charge in [-0.15, -0.1) is 0 Å². The summed E-state index contributed by atoms with van der Waals surface area (Å²) >= 11 is 0. The van der Waals surface area contributed by atoms with E-state index in [0.717, 1.165) is 22.3 Å². The number of aromatic nitrogens is 1. The first-order valence-electron chi connectivity index (χ1n) is 9.53. The fraction of sp³-hybridized carbons (Fsp3) is 0.318. The highest BCUT2D eigenvalue weighted by Gasteiger charge is 2.19. The Morgan fingerprint density at radius 3 is 2.21 bits per heavy atom.